The second kappa shape index (κ2) is 4.07. The molecule has 1 aromatic rings. The Morgan fingerprint density at radius 2 is 2.06 bits per heavy atom. The van der Waals surface area contributed by atoms with Gasteiger partial charge in [0.05, 0.1) is 0 Å². The van der Waals surface area contributed by atoms with Crippen LogP contribution in [0.1, 0.15) is 29.9 Å². The Morgan fingerprint density at radius 1 is 1.44 bits per heavy atom. The fourth-order valence-corrected chi connectivity index (χ4v) is 1.80. The van der Waals surface area contributed by atoms with Gasteiger partial charge in [-0.1, -0.05) is 0 Å². The van der Waals surface area contributed by atoms with Gasteiger partial charge in [-0.25, -0.2) is 0 Å². The van der Waals surface area contributed by atoms with Gasteiger partial charge in [-0.05, 0) is 12.8 Å². The highest BCUT2D eigenvalue weighted by Gasteiger charge is 2.26. The van der Waals surface area contributed by atoms with Crippen LogP contribution in [-0.4, -0.2) is 33.7 Å². The Labute approximate surface area is 90.8 Å². The molecule has 0 spiro atoms. The van der Waals surface area contributed by atoms with E-state index >= 15 is 0 Å². The van der Waals surface area contributed by atoms with Gasteiger partial charge >= 0.3 is 6.55 Å². The molecular formula is C9H12F2N4O. The molecule has 1 aliphatic heterocycles. The molecule has 0 saturated carbocycles. The summed E-state index contributed by atoms with van der Waals surface area (Å²) in [5.41, 5.74) is 5.17. The minimum absolute atomic E-state index is 0.0668. The number of nitrogen functional groups attached to an aromatic ring is 1. The number of alkyl halides is 2. The van der Waals surface area contributed by atoms with Crippen LogP contribution >= 0.6 is 0 Å². The second-order valence-electron chi connectivity index (χ2n) is 3.68. The molecule has 2 N–H and O–H groups in total. The van der Waals surface area contributed by atoms with Gasteiger partial charge in [-0.15, -0.1) is 5.10 Å². The number of nitrogens with zero attached hydrogens (tertiary/aromatic N) is 3. The van der Waals surface area contributed by atoms with Crippen LogP contribution in [0.4, 0.5) is 14.6 Å². The highest BCUT2D eigenvalue weighted by molar-refractivity contribution is 5.93. The van der Waals surface area contributed by atoms with Crippen LogP contribution in [0.25, 0.3) is 0 Å². The van der Waals surface area contributed by atoms with E-state index in [1.54, 1.807) is 0 Å². The highest BCUT2D eigenvalue weighted by atomic mass is 19.3. The van der Waals surface area contributed by atoms with Crippen molar-refractivity contribution in [3.63, 3.8) is 0 Å². The number of rotatable bonds is 2. The Kier molecular flexibility index (Phi) is 2.76. The topological polar surface area (TPSA) is 64.2 Å². The lowest BCUT2D eigenvalue weighted by atomic mass is 10.3. The first kappa shape index (κ1) is 10.8. The van der Waals surface area contributed by atoms with Crippen molar-refractivity contribution < 1.29 is 13.6 Å². The van der Waals surface area contributed by atoms with Gasteiger partial charge in [-0.2, -0.15) is 13.5 Å². The number of nitrogens with two attached hydrogens (primary N) is 1. The summed E-state index contributed by atoms with van der Waals surface area (Å²) in [4.78, 5) is 13.4. The summed E-state index contributed by atoms with van der Waals surface area (Å²) in [5, 5.41) is 3.40. The normalized spacial score (nSPS) is 16.1. The Balaban J connectivity index is 2.28. The largest absolute Gasteiger partial charge is 0.382 e. The number of carbonyl (C=O) groups excluding carboxylic acids is 1. The van der Waals surface area contributed by atoms with E-state index in [0.717, 1.165) is 12.8 Å². The summed E-state index contributed by atoms with van der Waals surface area (Å²) in [6, 6.07) is 1.19. The predicted molar refractivity (Wildman–Crippen MR) is 53.0 cm³/mol. The quantitative estimate of drug-likeness (QED) is 0.827. The molecule has 5 nitrogen and oxygen atoms in total. The van der Waals surface area contributed by atoms with Crippen LogP contribution in [0.2, 0.25) is 0 Å². The van der Waals surface area contributed by atoms with E-state index in [0.29, 0.717) is 17.8 Å². The molecule has 16 heavy (non-hydrogen) atoms. The van der Waals surface area contributed by atoms with Crippen molar-refractivity contribution in [2.75, 3.05) is 18.8 Å². The lowest BCUT2D eigenvalue weighted by Crippen LogP contribution is -2.30. The summed E-state index contributed by atoms with van der Waals surface area (Å²) in [5.74, 6) is -0.496. The average molecular weight is 230 g/mol. The molecule has 1 amide bonds. The molecule has 0 bridgehead atoms. The number of carbonyl (C=O) groups is 1. The first-order valence-corrected chi connectivity index (χ1v) is 5.02. The molecule has 0 atom stereocenters. The lowest BCUT2D eigenvalue weighted by molar-refractivity contribution is 0.0477. The monoisotopic (exact) mass is 230 g/mol. The highest BCUT2D eigenvalue weighted by Crippen LogP contribution is 2.19. The van der Waals surface area contributed by atoms with Crippen LogP contribution in [0, 0.1) is 0 Å². The Morgan fingerprint density at radius 3 is 2.62 bits per heavy atom. The van der Waals surface area contributed by atoms with E-state index in [-0.39, 0.29) is 11.5 Å². The van der Waals surface area contributed by atoms with Crippen LogP contribution in [0.5, 0.6) is 0 Å². The second-order valence-corrected chi connectivity index (χ2v) is 3.68. The summed E-state index contributed by atoms with van der Waals surface area (Å²) >= 11 is 0. The lowest BCUT2D eigenvalue weighted by Gasteiger charge is -2.15. The Bertz CT molecular complexity index is 398. The molecule has 2 rings (SSSR count). The molecule has 7 heteroatoms. The van der Waals surface area contributed by atoms with E-state index < -0.39 is 12.5 Å². The van der Waals surface area contributed by atoms with Crippen LogP contribution in [0.3, 0.4) is 0 Å². The zero-order valence-electron chi connectivity index (χ0n) is 8.57. The van der Waals surface area contributed by atoms with Gasteiger partial charge in [0, 0.05) is 19.2 Å². The van der Waals surface area contributed by atoms with Gasteiger partial charge in [0.2, 0.25) is 0 Å². The number of aromatic nitrogens is 2. The number of hydrogen-bond acceptors (Lipinski definition) is 3. The molecular weight excluding hydrogens is 218 g/mol. The third-order valence-electron chi connectivity index (χ3n) is 2.55. The van der Waals surface area contributed by atoms with Crippen LogP contribution in [-0.2, 0) is 0 Å². The zero-order chi connectivity index (χ0) is 11.7. The predicted octanol–water partition coefficient (Wildman–Crippen LogP) is 1.10. The molecule has 0 aliphatic carbocycles. The number of halogens is 2. The molecule has 1 aromatic heterocycles. The number of amides is 1. The third kappa shape index (κ3) is 1.84. The minimum Gasteiger partial charge on any atom is -0.382 e. The maximum Gasteiger partial charge on any atom is 0.334 e. The van der Waals surface area contributed by atoms with E-state index in [4.69, 9.17) is 5.73 Å². The smallest absolute Gasteiger partial charge is 0.334 e. The van der Waals surface area contributed by atoms with Gasteiger partial charge in [0.15, 0.2) is 0 Å². The van der Waals surface area contributed by atoms with Crippen molar-refractivity contribution >= 4 is 11.7 Å². The van der Waals surface area contributed by atoms with Gasteiger partial charge < -0.3 is 10.6 Å². The van der Waals surface area contributed by atoms with Gasteiger partial charge in [0.1, 0.15) is 11.5 Å². The van der Waals surface area contributed by atoms with Crippen LogP contribution < -0.4 is 5.73 Å². The van der Waals surface area contributed by atoms with Crippen molar-refractivity contribution in [2.45, 2.75) is 19.4 Å². The summed E-state index contributed by atoms with van der Waals surface area (Å²) in [6.45, 7) is -1.64. The zero-order valence-corrected chi connectivity index (χ0v) is 8.57. The van der Waals surface area contributed by atoms with Crippen molar-refractivity contribution in [3.05, 3.63) is 11.8 Å². The van der Waals surface area contributed by atoms with E-state index in [1.165, 1.54) is 11.0 Å². The molecule has 0 unspecified atom stereocenters. The number of likely N-dealkylation sites (tertiary alicyclic amines) is 1. The first-order chi connectivity index (χ1) is 7.59. The molecule has 2 heterocycles. The SMILES string of the molecule is Nc1cc(C(=O)N2CCCC2)n(C(F)F)n1. The summed E-state index contributed by atoms with van der Waals surface area (Å²) in [7, 11) is 0. The van der Waals surface area contributed by atoms with Crippen molar-refractivity contribution in [3.8, 4) is 0 Å². The average Bonchev–Trinajstić information content (AvgIpc) is 2.84. The van der Waals surface area contributed by atoms with Crippen molar-refractivity contribution in [2.24, 2.45) is 0 Å². The van der Waals surface area contributed by atoms with E-state index in [9.17, 15) is 13.6 Å². The molecule has 1 aliphatic rings. The fourth-order valence-electron chi connectivity index (χ4n) is 1.80. The van der Waals surface area contributed by atoms with E-state index in [1.807, 2.05) is 0 Å². The molecule has 88 valence electrons. The molecule has 0 aromatic carbocycles. The maximum absolute atomic E-state index is 12.6. The van der Waals surface area contributed by atoms with Gasteiger partial charge in [-0.3, -0.25) is 4.79 Å². The Hall–Kier alpha value is -1.66. The minimum atomic E-state index is -2.85. The van der Waals surface area contributed by atoms with Crippen molar-refractivity contribution in [1.29, 1.82) is 0 Å². The third-order valence-corrected chi connectivity index (χ3v) is 2.55. The summed E-state index contributed by atoms with van der Waals surface area (Å²) < 4.78 is 25.5. The first-order valence-electron chi connectivity index (χ1n) is 5.02. The standard InChI is InChI=1S/C9H12F2N4O/c10-9(11)15-6(5-7(12)13-15)8(16)14-3-1-2-4-14/h5,9H,1-4H2,(H2,12,13). The van der Waals surface area contributed by atoms with Crippen LogP contribution in [0.15, 0.2) is 6.07 Å². The molecule has 0 radical (unpaired) electrons. The van der Waals surface area contributed by atoms with Gasteiger partial charge in [0.25, 0.3) is 5.91 Å². The maximum atomic E-state index is 12.6. The number of hydrogen-bond donors (Lipinski definition) is 1. The molecule has 1 fully saturated rings. The molecule has 1 saturated heterocycles. The fraction of sp³-hybridized carbons (Fsp3) is 0.556. The summed E-state index contributed by atoms with van der Waals surface area (Å²) in [6.07, 6.45) is 1.81. The van der Waals surface area contributed by atoms with E-state index in [2.05, 4.69) is 5.10 Å². The van der Waals surface area contributed by atoms with Crippen molar-refractivity contribution in [1.82, 2.24) is 14.7 Å². The number of anilines is 1.